The maximum absolute atomic E-state index is 11.4. The van der Waals surface area contributed by atoms with Crippen molar-refractivity contribution in [1.82, 2.24) is 10.3 Å². The average molecular weight is 288 g/mol. The maximum Gasteiger partial charge on any atom is 0.513 e. The summed E-state index contributed by atoms with van der Waals surface area (Å²) in [6.07, 6.45) is 6.70. The minimum Gasteiger partial charge on any atom is -0.437 e. The van der Waals surface area contributed by atoms with Crippen molar-refractivity contribution < 1.29 is 14.3 Å². The zero-order chi connectivity index (χ0) is 15.2. The van der Waals surface area contributed by atoms with Gasteiger partial charge in [0, 0.05) is 24.0 Å². The number of aromatic nitrogens is 1. The average Bonchev–Trinajstić information content (AvgIpc) is 2.49. The van der Waals surface area contributed by atoms with Gasteiger partial charge in [0.05, 0.1) is 12.8 Å². The van der Waals surface area contributed by atoms with Crippen LogP contribution in [0.4, 0.5) is 4.79 Å². The van der Waals surface area contributed by atoms with Crippen LogP contribution in [0, 0.1) is 5.92 Å². The van der Waals surface area contributed by atoms with E-state index in [4.69, 9.17) is 4.74 Å². The van der Waals surface area contributed by atoms with Crippen LogP contribution in [-0.2, 0) is 15.9 Å². The molecular formula is C16H20N2O3. The number of aryl methyl sites for hydroxylation is 1. The maximum atomic E-state index is 11.4. The molecule has 2 rings (SSSR count). The van der Waals surface area contributed by atoms with Crippen LogP contribution in [0.5, 0.6) is 0 Å². The van der Waals surface area contributed by atoms with Gasteiger partial charge in [-0.15, -0.1) is 0 Å². The van der Waals surface area contributed by atoms with Crippen LogP contribution in [0.25, 0.3) is 0 Å². The Bertz CT molecular complexity index is 564. The second-order valence-corrected chi connectivity index (χ2v) is 5.03. The first-order valence-electron chi connectivity index (χ1n) is 6.91. The van der Waals surface area contributed by atoms with Crippen molar-refractivity contribution in [2.45, 2.75) is 26.7 Å². The van der Waals surface area contributed by atoms with Crippen LogP contribution >= 0.6 is 0 Å². The lowest BCUT2D eigenvalue weighted by molar-refractivity contribution is 0.0888. The third-order valence-corrected chi connectivity index (χ3v) is 3.37. The molecular weight excluding hydrogens is 268 g/mol. The Balaban J connectivity index is 2.09. The van der Waals surface area contributed by atoms with Crippen molar-refractivity contribution in [2.75, 3.05) is 7.11 Å². The van der Waals surface area contributed by atoms with Gasteiger partial charge in [-0.25, -0.2) is 4.79 Å². The van der Waals surface area contributed by atoms with E-state index in [-0.39, 0.29) is 5.92 Å². The fraction of sp³-hybridized carbons (Fsp3) is 0.375. The molecule has 2 heterocycles. The summed E-state index contributed by atoms with van der Waals surface area (Å²) in [6, 6.07) is 3.97. The Labute approximate surface area is 124 Å². The third kappa shape index (κ3) is 4.08. The van der Waals surface area contributed by atoms with E-state index in [2.05, 4.69) is 21.1 Å². The van der Waals surface area contributed by atoms with Crippen molar-refractivity contribution >= 4 is 6.16 Å². The molecule has 5 heteroatoms. The number of dihydropyridines is 1. The molecule has 1 aromatic rings. The summed E-state index contributed by atoms with van der Waals surface area (Å²) < 4.78 is 9.88. The molecule has 1 N–H and O–H groups in total. The fourth-order valence-corrected chi connectivity index (χ4v) is 2.42. The summed E-state index contributed by atoms with van der Waals surface area (Å²) in [6.45, 7) is 3.89. The highest BCUT2D eigenvalue weighted by molar-refractivity contribution is 5.61. The van der Waals surface area contributed by atoms with Gasteiger partial charge in [-0.05, 0) is 38.3 Å². The molecule has 1 aliphatic heterocycles. The number of hydrogen-bond donors (Lipinski definition) is 1. The molecule has 0 amide bonds. The quantitative estimate of drug-likeness (QED) is 0.862. The van der Waals surface area contributed by atoms with Gasteiger partial charge in [0.2, 0.25) is 0 Å². The Kier molecular flexibility index (Phi) is 4.98. The smallest absolute Gasteiger partial charge is 0.437 e. The minimum absolute atomic E-state index is 0.0468. The monoisotopic (exact) mass is 288 g/mol. The van der Waals surface area contributed by atoms with Gasteiger partial charge in [0.1, 0.15) is 5.76 Å². The predicted molar refractivity (Wildman–Crippen MR) is 79.1 cm³/mol. The largest absolute Gasteiger partial charge is 0.513 e. The van der Waals surface area contributed by atoms with E-state index in [1.807, 2.05) is 32.2 Å². The summed E-state index contributed by atoms with van der Waals surface area (Å²) in [5.41, 5.74) is 3.06. The first-order valence-corrected chi connectivity index (χ1v) is 6.91. The molecule has 0 spiro atoms. The number of carbonyl (C=O) groups excluding carboxylic acids is 1. The number of allylic oxidation sites excluding steroid dienone is 3. The zero-order valence-electron chi connectivity index (χ0n) is 12.6. The van der Waals surface area contributed by atoms with Gasteiger partial charge in [-0.3, -0.25) is 4.98 Å². The van der Waals surface area contributed by atoms with E-state index in [0.717, 1.165) is 29.8 Å². The lowest BCUT2D eigenvalue weighted by Gasteiger charge is -2.25. The lowest BCUT2D eigenvalue weighted by atomic mass is 9.94. The molecule has 0 bridgehead atoms. The molecule has 112 valence electrons. The van der Waals surface area contributed by atoms with Crippen LogP contribution in [0.2, 0.25) is 0 Å². The number of ether oxygens (including phenoxy) is 2. The molecule has 5 nitrogen and oxygen atoms in total. The second-order valence-electron chi connectivity index (χ2n) is 5.03. The number of nitrogens with zero attached hydrogens (tertiary/aromatic N) is 1. The number of methoxy groups -OCH3 is 1. The normalized spacial score (nSPS) is 17.9. The molecule has 1 unspecified atom stereocenters. The van der Waals surface area contributed by atoms with Crippen LogP contribution < -0.4 is 5.32 Å². The number of rotatable bonds is 4. The Hall–Kier alpha value is -2.30. The number of pyridine rings is 1. The van der Waals surface area contributed by atoms with E-state index in [1.54, 1.807) is 6.20 Å². The van der Waals surface area contributed by atoms with E-state index in [1.165, 1.54) is 7.11 Å². The SMILES string of the molecule is COC(=O)OC1=C(C)NC(C)=CC1CCc1cccnc1. The highest BCUT2D eigenvalue weighted by Crippen LogP contribution is 2.28. The van der Waals surface area contributed by atoms with Gasteiger partial charge in [-0.1, -0.05) is 12.1 Å². The Morgan fingerprint density at radius 3 is 2.90 bits per heavy atom. The van der Waals surface area contributed by atoms with Gasteiger partial charge < -0.3 is 14.8 Å². The van der Waals surface area contributed by atoms with E-state index in [0.29, 0.717) is 5.76 Å². The van der Waals surface area contributed by atoms with Crippen LogP contribution in [-0.4, -0.2) is 18.2 Å². The van der Waals surface area contributed by atoms with Crippen molar-refractivity contribution in [2.24, 2.45) is 5.92 Å². The summed E-state index contributed by atoms with van der Waals surface area (Å²) in [5.74, 6) is 0.668. The molecule has 1 aliphatic rings. The molecule has 0 aliphatic carbocycles. The third-order valence-electron chi connectivity index (χ3n) is 3.37. The minimum atomic E-state index is -0.689. The van der Waals surface area contributed by atoms with E-state index in [9.17, 15) is 4.79 Å². The summed E-state index contributed by atoms with van der Waals surface area (Å²) in [4.78, 5) is 15.5. The molecule has 0 radical (unpaired) electrons. The zero-order valence-corrected chi connectivity index (χ0v) is 12.6. The van der Waals surface area contributed by atoms with Gasteiger partial charge in [-0.2, -0.15) is 0 Å². The number of carbonyl (C=O) groups is 1. The predicted octanol–water partition coefficient (Wildman–Crippen LogP) is 3.15. The molecule has 0 saturated heterocycles. The van der Waals surface area contributed by atoms with Crippen molar-refractivity contribution in [3.05, 3.63) is 53.3 Å². The molecule has 0 saturated carbocycles. The van der Waals surface area contributed by atoms with Crippen LogP contribution in [0.1, 0.15) is 25.8 Å². The molecule has 21 heavy (non-hydrogen) atoms. The van der Waals surface area contributed by atoms with Crippen LogP contribution in [0.15, 0.2) is 47.8 Å². The summed E-state index contributed by atoms with van der Waals surface area (Å²) in [7, 11) is 1.31. The number of hydrogen-bond acceptors (Lipinski definition) is 5. The molecule has 1 atom stereocenters. The molecule has 1 aromatic heterocycles. The Morgan fingerprint density at radius 2 is 2.24 bits per heavy atom. The fourth-order valence-electron chi connectivity index (χ4n) is 2.42. The van der Waals surface area contributed by atoms with Crippen LogP contribution in [0.3, 0.4) is 0 Å². The van der Waals surface area contributed by atoms with Gasteiger partial charge in [0.15, 0.2) is 0 Å². The first kappa shape index (κ1) is 15.1. The highest BCUT2D eigenvalue weighted by atomic mass is 16.7. The van der Waals surface area contributed by atoms with E-state index < -0.39 is 6.16 Å². The van der Waals surface area contributed by atoms with Crippen molar-refractivity contribution in [1.29, 1.82) is 0 Å². The van der Waals surface area contributed by atoms with Gasteiger partial charge >= 0.3 is 6.16 Å². The lowest BCUT2D eigenvalue weighted by Crippen LogP contribution is -2.24. The first-order chi connectivity index (χ1) is 10.1. The highest BCUT2D eigenvalue weighted by Gasteiger charge is 2.24. The van der Waals surface area contributed by atoms with E-state index >= 15 is 0 Å². The Morgan fingerprint density at radius 1 is 1.43 bits per heavy atom. The van der Waals surface area contributed by atoms with Crippen molar-refractivity contribution in [3.63, 3.8) is 0 Å². The standard InChI is InChI=1S/C16H20N2O3/c1-11-9-14(7-6-13-5-4-8-17-10-13)15(12(2)18-11)21-16(19)20-3/h4-5,8-10,14,18H,6-7H2,1-3H3. The second kappa shape index (κ2) is 6.92. The molecule has 0 aromatic carbocycles. The molecule has 0 fully saturated rings. The number of nitrogens with one attached hydrogen (secondary N) is 1. The topological polar surface area (TPSA) is 60.5 Å². The van der Waals surface area contributed by atoms with Crippen molar-refractivity contribution in [3.8, 4) is 0 Å². The summed E-state index contributed by atoms with van der Waals surface area (Å²) >= 11 is 0. The summed E-state index contributed by atoms with van der Waals surface area (Å²) in [5, 5.41) is 3.18. The van der Waals surface area contributed by atoms with Gasteiger partial charge in [0.25, 0.3) is 0 Å².